The van der Waals surface area contributed by atoms with Crippen molar-refractivity contribution in [1.82, 2.24) is 4.90 Å². The normalized spacial score (nSPS) is 11.5. The molecule has 1 aromatic rings. The molecule has 0 aliphatic carbocycles. The average molecular weight is 201 g/mol. The molecule has 70 valence electrons. The minimum absolute atomic E-state index is 0.526. The summed E-state index contributed by atoms with van der Waals surface area (Å²) < 4.78 is 13.0. The average Bonchev–Trinajstić information content (AvgIpc) is 2.08. The molecular formula is C9H10ClFN2. The third-order valence-electron chi connectivity index (χ3n) is 1.42. The molecule has 0 fully saturated rings. The molecule has 0 aliphatic rings. The molecule has 0 saturated heterocycles. The van der Waals surface area contributed by atoms with E-state index in [4.69, 9.17) is 11.6 Å². The molecule has 0 heterocycles. The lowest BCUT2D eigenvalue weighted by molar-refractivity contribution is 0.530. The number of nitrogens with zero attached hydrogens (tertiary/aromatic N) is 2. The lowest BCUT2D eigenvalue weighted by Crippen LogP contribution is -2.16. The highest BCUT2D eigenvalue weighted by Crippen LogP contribution is 2.16. The van der Waals surface area contributed by atoms with E-state index in [0.29, 0.717) is 10.7 Å². The van der Waals surface area contributed by atoms with E-state index < -0.39 is 6.09 Å². The van der Waals surface area contributed by atoms with Crippen LogP contribution >= 0.6 is 11.6 Å². The van der Waals surface area contributed by atoms with Crippen LogP contribution in [0.5, 0.6) is 0 Å². The van der Waals surface area contributed by atoms with Gasteiger partial charge in [0.1, 0.15) is 0 Å². The molecule has 2 nitrogen and oxygen atoms in total. The van der Waals surface area contributed by atoms with Gasteiger partial charge in [-0.15, -0.1) is 0 Å². The lowest BCUT2D eigenvalue weighted by Gasteiger charge is -2.06. The van der Waals surface area contributed by atoms with Crippen molar-refractivity contribution >= 4 is 23.4 Å². The van der Waals surface area contributed by atoms with Crippen molar-refractivity contribution in [1.29, 1.82) is 0 Å². The molecule has 0 saturated carbocycles. The largest absolute Gasteiger partial charge is 0.339 e. The molecule has 0 amide bonds. The second-order valence-electron chi connectivity index (χ2n) is 2.75. The number of halogens is 2. The van der Waals surface area contributed by atoms with Crippen molar-refractivity contribution in [3.05, 3.63) is 29.3 Å². The Morgan fingerprint density at radius 1 is 1.31 bits per heavy atom. The molecule has 0 aromatic heterocycles. The SMILES string of the molecule is CN(C)C(F)=Nc1ccc(Cl)cc1. The summed E-state index contributed by atoms with van der Waals surface area (Å²) in [5, 5.41) is 0.615. The summed E-state index contributed by atoms with van der Waals surface area (Å²) in [6.45, 7) is 0. The summed E-state index contributed by atoms with van der Waals surface area (Å²) in [5.74, 6) is 0. The first kappa shape index (κ1) is 9.99. The van der Waals surface area contributed by atoms with E-state index in [0.717, 1.165) is 0 Å². The second kappa shape index (κ2) is 4.23. The lowest BCUT2D eigenvalue weighted by atomic mass is 10.3. The van der Waals surface area contributed by atoms with Gasteiger partial charge in [-0.25, -0.2) is 4.99 Å². The molecule has 0 bridgehead atoms. The van der Waals surface area contributed by atoms with E-state index >= 15 is 0 Å². The zero-order valence-electron chi connectivity index (χ0n) is 7.46. The van der Waals surface area contributed by atoms with E-state index in [9.17, 15) is 4.39 Å². The number of hydrogen-bond donors (Lipinski definition) is 0. The number of rotatable bonds is 1. The van der Waals surface area contributed by atoms with Crippen LogP contribution in [-0.2, 0) is 0 Å². The Hall–Kier alpha value is -1.09. The number of benzene rings is 1. The molecule has 0 radical (unpaired) electrons. The van der Waals surface area contributed by atoms with Crippen LogP contribution in [0.2, 0.25) is 5.02 Å². The van der Waals surface area contributed by atoms with Crippen LogP contribution in [0.15, 0.2) is 29.3 Å². The molecule has 1 rings (SSSR count). The summed E-state index contributed by atoms with van der Waals surface area (Å²) in [4.78, 5) is 5.02. The van der Waals surface area contributed by atoms with Crippen LogP contribution in [0, 0.1) is 0 Å². The molecular weight excluding hydrogens is 191 g/mol. The Morgan fingerprint density at radius 2 is 1.85 bits per heavy atom. The molecule has 0 atom stereocenters. The Morgan fingerprint density at radius 3 is 2.31 bits per heavy atom. The fraction of sp³-hybridized carbons (Fsp3) is 0.222. The summed E-state index contributed by atoms with van der Waals surface area (Å²) in [6.07, 6.45) is -0.526. The fourth-order valence-electron chi connectivity index (χ4n) is 0.722. The van der Waals surface area contributed by atoms with Crippen LogP contribution in [0.25, 0.3) is 0 Å². The molecule has 4 heteroatoms. The quantitative estimate of drug-likeness (QED) is 0.387. The molecule has 0 aliphatic heterocycles. The molecule has 13 heavy (non-hydrogen) atoms. The van der Waals surface area contributed by atoms with E-state index in [1.807, 2.05) is 0 Å². The van der Waals surface area contributed by atoms with Gasteiger partial charge in [0.25, 0.3) is 6.09 Å². The van der Waals surface area contributed by atoms with Gasteiger partial charge in [0.05, 0.1) is 5.69 Å². The number of hydrogen-bond acceptors (Lipinski definition) is 1. The minimum Gasteiger partial charge on any atom is -0.339 e. The van der Waals surface area contributed by atoms with Crippen molar-refractivity contribution < 1.29 is 4.39 Å². The molecule has 1 aromatic carbocycles. The first-order chi connectivity index (χ1) is 6.09. The predicted molar refractivity (Wildman–Crippen MR) is 53.3 cm³/mol. The van der Waals surface area contributed by atoms with E-state index in [-0.39, 0.29) is 0 Å². The highest BCUT2D eigenvalue weighted by Gasteiger charge is 1.98. The second-order valence-corrected chi connectivity index (χ2v) is 3.19. The fourth-order valence-corrected chi connectivity index (χ4v) is 0.848. The number of aliphatic imine (C=N–C) groups is 1. The molecule has 0 N–H and O–H groups in total. The predicted octanol–water partition coefficient (Wildman–Crippen LogP) is 2.86. The summed E-state index contributed by atoms with van der Waals surface area (Å²) in [7, 11) is 3.18. The minimum atomic E-state index is -0.526. The first-order valence-electron chi connectivity index (χ1n) is 3.76. The Kier molecular flexibility index (Phi) is 3.25. The van der Waals surface area contributed by atoms with E-state index in [1.165, 1.54) is 4.90 Å². The monoisotopic (exact) mass is 200 g/mol. The third-order valence-corrected chi connectivity index (χ3v) is 1.67. The highest BCUT2D eigenvalue weighted by atomic mass is 35.5. The van der Waals surface area contributed by atoms with Gasteiger partial charge in [-0.1, -0.05) is 11.6 Å². The van der Waals surface area contributed by atoms with Crippen LogP contribution in [-0.4, -0.2) is 25.1 Å². The Labute approximate surface area is 81.7 Å². The van der Waals surface area contributed by atoms with Crippen molar-refractivity contribution in [3.8, 4) is 0 Å². The highest BCUT2D eigenvalue weighted by molar-refractivity contribution is 6.30. The van der Waals surface area contributed by atoms with Gasteiger partial charge in [0, 0.05) is 19.1 Å². The van der Waals surface area contributed by atoms with Crippen LogP contribution in [0.4, 0.5) is 10.1 Å². The van der Waals surface area contributed by atoms with Gasteiger partial charge >= 0.3 is 0 Å². The maximum atomic E-state index is 13.0. The zero-order chi connectivity index (χ0) is 9.84. The smallest absolute Gasteiger partial charge is 0.285 e. The van der Waals surface area contributed by atoms with Crippen molar-refractivity contribution in [2.24, 2.45) is 4.99 Å². The van der Waals surface area contributed by atoms with Gasteiger partial charge in [-0.2, -0.15) is 4.39 Å². The third kappa shape index (κ3) is 3.03. The van der Waals surface area contributed by atoms with Gasteiger partial charge in [-0.3, -0.25) is 0 Å². The Balaban J connectivity index is 2.85. The van der Waals surface area contributed by atoms with Gasteiger partial charge in [0.2, 0.25) is 0 Å². The van der Waals surface area contributed by atoms with E-state index in [2.05, 4.69) is 4.99 Å². The summed E-state index contributed by atoms with van der Waals surface area (Å²) >= 11 is 5.66. The zero-order valence-corrected chi connectivity index (χ0v) is 8.22. The Bertz CT molecular complexity index is 306. The van der Waals surface area contributed by atoms with Gasteiger partial charge < -0.3 is 4.90 Å². The van der Waals surface area contributed by atoms with E-state index in [1.54, 1.807) is 38.4 Å². The van der Waals surface area contributed by atoms with Crippen LogP contribution in [0.1, 0.15) is 0 Å². The molecule has 0 unspecified atom stereocenters. The number of amidine groups is 1. The van der Waals surface area contributed by atoms with Crippen LogP contribution in [0.3, 0.4) is 0 Å². The summed E-state index contributed by atoms with van der Waals surface area (Å²) in [6, 6.07) is 6.66. The van der Waals surface area contributed by atoms with Gasteiger partial charge in [0.15, 0.2) is 0 Å². The standard InChI is InChI=1S/C9H10ClFN2/c1-13(2)9(11)12-8-5-3-7(10)4-6-8/h3-6H,1-2H3. The van der Waals surface area contributed by atoms with Gasteiger partial charge in [-0.05, 0) is 24.3 Å². The summed E-state index contributed by atoms with van der Waals surface area (Å²) in [5.41, 5.74) is 0.551. The maximum absolute atomic E-state index is 13.0. The van der Waals surface area contributed by atoms with Crippen molar-refractivity contribution in [2.75, 3.05) is 14.1 Å². The molecule has 0 spiro atoms. The maximum Gasteiger partial charge on any atom is 0.285 e. The first-order valence-corrected chi connectivity index (χ1v) is 4.14. The van der Waals surface area contributed by atoms with Crippen molar-refractivity contribution in [2.45, 2.75) is 0 Å². The topological polar surface area (TPSA) is 15.6 Å². The van der Waals surface area contributed by atoms with Crippen molar-refractivity contribution in [3.63, 3.8) is 0 Å². The van der Waals surface area contributed by atoms with Crippen LogP contribution < -0.4 is 0 Å².